The van der Waals surface area contributed by atoms with E-state index < -0.39 is 5.60 Å². The maximum Gasteiger partial charge on any atom is 0.410 e. The van der Waals surface area contributed by atoms with Gasteiger partial charge in [0.1, 0.15) is 11.4 Å². The van der Waals surface area contributed by atoms with Crippen molar-refractivity contribution in [2.75, 3.05) is 24.5 Å². The SMILES string of the molecule is C[C@@H]1C[C@H](Cc2ccccc2F)CN(c2c(Cl)cc(/C=C/C(=O)NC3CCN(C(=O)OC(C)(C)C)CC3)cc2Cl)C1=O. The van der Waals surface area contributed by atoms with Crippen LogP contribution in [0.1, 0.15) is 58.1 Å². The molecule has 0 unspecified atom stereocenters. The lowest BCUT2D eigenvalue weighted by Crippen LogP contribution is -2.47. The molecule has 2 atom stereocenters. The number of likely N-dealkylation sites (tertiary alicyclic amines) is 1. The van der Waals surface area contributed by atoms with Crippen molar-refractivity contribution in [2.45, 2.75) is 65.0 Å². The fourth-order valence-corrected chi connectivity index (χ4v) is 6.22. The van der Waals surface area contributed by atoms with Crippen LogP contribution >= 0.6 is 23.2 Å². The van der Waals surface area contributed by atoms with Crippen molar-refractivity contribution in [2.24, 2.45) is 11.8 Å². The predicted molar refractivity (Wildman–Crippen MR) is 164 cm³/mol. The van der Waals surface area contributed by atoms with Crippen LogP contribution in [-0.2, 0) is 20.7 Å². The molecule has 0 saturated carbocycles. The van der Waals surface area contributed by atoms with Crippen molar-refractivity contribution in [3.63, 3.8) is 0 Å². The molecule has 0 aromatic heterocycles. The summed E-state index contributed by atoms with van der Waals surface area (Å²) in [5, 5.41) is 3.57. The van der Waals surface area contributed by atoms with E-state index in [1.165, 1.54) is 12.1 Å². The second kappa shape index (κ2) is 13.5. The number of anilines is 1. The number of rotatable bonds is 6. The van der Waals surface area contributed by atoms with Crippen molar-refractivity contribution in [3.05, 3.63) is 69.5 Å². The molecule has 2 aliphatic rings. The van der Waals surface area contributed by atoms with E-state index >= 15 is 0 Å². The molecule has 42 heavy (non-hydrogen) atoms. The van der Waals surface area contributed by atoms with E-state index in [9.17, 15) is 18.8 Å². The lowest BCUT2D eigenvalue weighted by molar-refractivity contribution is -0.124. The van der Waals surface area contributed by atoms with Crippen molar-refractivity contribution in [1.82, 2.24) is 10.2 Å². The number of ether oxygens (including phenoxy) is 1. The summed E-state index contributed by atoms with van der Waals surface area (Å²) in [6.45, 7) is 8.74. The average molecular weight is 619 g/mol. The molecule has 2 saturated heterocycles. The molecule has 2 aromatic rings. The van der Waals surface area contributed by atoms with Gasteiger partial charge in [-0.1, -0.05) is 48.3 Å². The summed E-state index contributed by atoms with van der Waals surface area (Å²) in [6.07, 6.45) is 5.11. The third-order valence-corrected chi connectivity index (χ3v) is 8.09. The Morgan fingerprint density at radius 3 is 2.38 bits per heavy atom. The first-order chi connectivity index (χ1) is 19.8. The maximum absolute atomic E-state index is 14.3. The smallest absolute Gasteiger partial charge is 0.410 e. The highest BCUT2D eigenvalue weighted by molar-refractivity contribution is 6.40. The molecule has 4 rings (SSSR count). The summed E-state index contributed by atoms with van der Waals surface area (Å²) in [6, 6.07) is 9.97. The summed E-state index contributed by atoms with van der Waals surface area (Å²) in [5.41, 5.74) is 1.11. The fourth-order valence-electron chi connectivity index (χ4n) is 5.51. The lowest BCUT2D eigenvalue weighted by Gasteiger charge is -2.37. The monoisotopic (exact) mass is 617 g/mol. The van der Waals surface area contributed by atoms with Crippen molar-refractivity contribution < 1.29 is 23.5 Å². The van der Waals surface area contributed by atoms with Crippen LogP contribution in [0.5, 0.6) is 0 Å². The van der Waals surface area contributed by atoms with Gasteiger partial charge in [-0.05, 0) is 87.8 Å². The second-order valence-electron chi connectivity index (χ2n) is 12.2. The molecule has 3 amide bonds. The fraction of sp³-hybridized carbons (Fsp3) is 0.469. The molecule has 2 aliphatic heterocycles. The van der Waals surface area contributed by atoms with E-state index in [1.54, 1.807) is 40.1 Å². The number of nitrogens with zero attached hydrogens (tertiary/aromatic N) is 2. The van der Waals surface area contributed by atoms with Gasteiger partial charge < -0.3 is 19.9 Å². The maximum atomic E-state index is 14.3. The highest BCUT2D eigenvalue weighted by Crippen LogP contribution is 2.39. The largest absolute Gasteiger partial charge is 0.444 e. The minimum atomic E-state index is -0.551. The van der Waals surface area contributed by atoms with Gasteiger partial charge in [-0.3, -0.25) is 9.59 Å². The number of hydrogen-bond acceptors (Lipinski definition) is 4. The van der Waals surface area contributed by atoms with Crippen LogP contribution in [0.3, 0.4) is 0 Å². The Hall–Kier alpha value is -3.10. The van der Waals surface area contributed by atoms with Crippen LogP contribution in [0, 0.1) is 17.7 Å². The number of halogens is 3. The van der Waals surface area contributed by atoms with E-state index in [2.05, 4.69) is 5.32 Å². The van der Waals surface area contributed by atoms with Crippen LogP contribution in [0.15, 0.2) is 42.5 Å². The van der Waals surface area contributed by atoms with E-state index in [-0.39, 0.29) is 41.6 Å². The Bertz CT molecular complexity index is 1330. The third-order valence-electron chi connectivity index (χ3n) is 7.51. The number of piperidine rings is 2. The van der Waals surface area contributed by atoms with Crippen LogP contribution in [0.25, 0.3) is 6.08 Å². The predicted octanol–water partition coefficient (Wildman–Crippen LogP) is 6.89. The Balaban J connectivity index is 1.37. The molecule has 2 fully saturated rings. The van der Waals surface area contributed by atoms with Crippen LogP contribution in [0.2, 0.25) is 10.0 Å². The van der Waals surface area contributed by atoms with Crippen LogP contribution < -0.4 is 10.2 Å². The molecular formula is C32H38Cl2FN3O4. The van der Waals surface area contributed by atoms with Gasteiger partial charge in [0.15, 0.2) is 0 Å². The van der Waals surface area contributed by atoms with Crippen molar-refractivity contribution in [3.8, 4) is 0 Å². The molecule has 226 valence electrons. The molecule has 2 aromatic carbocycles. The molecule has 10 heteroatoms. The molecular weight excluding hydrogens is 580 g/mol. The van der Waals surface area contributed by atoms with Crippen molar-refractivity contribution >= 4 is 52.9 Å². The Morgan fingerprint density at radius 1 is 1.12 bits per heavy atom. The average Bonchev–Trinajstić information content (AvgIpc) is 2.90. The lowest BCUT2D eigenvalue weighted by atomic mass is 9.85. The molecule has 0 radical (unpaired) electrons. The van der Waals surface area contributed by atoms with Gasteiger partial charge >= 0.3 is 6.09 Å². The Kier molecular flexibility index (Phi) is 10.2. The minimum absolute atomic E-state index is 0.0426. The summed E-state index contributed by atoms with van der Waals surface area (Å²) < 4.78 is 19.7. The Morgan fingerprint density at radius 2 is 1.76 bits per heavy atom. The van der Waals surface area contributed by atoms with E-state index in [4.69, 9.17) is 27.9 Å². The van der Waals surface area contributed by atoms with Gasteiger partial charge in [-0.25, -0.2) is 9.18 Å². The highest BCUT2D eigenvalue weighted by Gasteiger charge is 2.35. The highest BCUT2D eigenvalue weighted by atomic mass is 35.5. The summed E-state index contributed by atoms with van der Waals surface area (Å²) in [5.74, 6) is -0.818. The van der Waals surface area contributed by atoms with Gasteiger partial charge in [0, 0.05) is 37.7 Å². The normalized spacial score (nSPS) is 20.2. The van der Waals surface area contributed by atoms with Gasteiger partial charge in [0.2, 0.25) is 11.8 Å². The Labute approximate surface area is 257 Å². The summed E-state index contributed by atoms with van der Waals surface area (Å²) >= 11 is 13.3. The van der Waals surface area contributed by atoms with Gasteiger partial charge in [0.25, 0.3) is 0 Å². The zero-order valence-corrected chi connectivity index (χ0v) is 26.0. The first-order valence-electron chi connectivity index (χ1n) is 14.3. The molecule has 1 N–H and O–H groups in total. The number of amides is 3. The number of benzene rings is 2. The molecule has 0 spiro atoms. The zero-order valence-electron chi connectivity index (χ0n) is 24.5. The van der Waals surface area contributed by atoms with E-state index in [1.807, 2.05) is 33.8 Å². The number of carbonyl (C=O) groups is 3. The van der Waals surface area contributed by atoms with Gasteiger partial charge in [-0.2, -0.15) is 0 Å². The topological polar surface area (TPSA) is 79.0 Å². The minimum Gasteiger partial charge on any atom is -0.444 e. The first kappa shape index (κ1) is 31.8. The molecule has 2 heterocycles. The number of nitrogens with one attached hydrogen (secondary N) is 1. The van der Waals surface area contributed by atoms with Gasteiger partial charge in [0.05, 0.1) is 15.7 Å². The quantitative estimate of drug-likeness (QED) is 0.358. The molecule has 0 bridgehead atoms. The van der Waals surface area contributed by atoms with Crippen molar-refractivity contribution in [1.29, 1.82) is 0 Å². The van der Waals surface area contributed by atoms with Crippen LogP contribution in [0.4, 0.5) is 14.9 Å². The van der Waals surface area contributed by atoms with Gasteiger partial charge in [-0.15, -0.1) is 0 Å². The summed E-state index contributed by atoms with van der Waals surface area (Å²) in [4.78, 5) is 41.3. The standard InChI is InChI=1S/C32H38Cl2FN3O4/c1-20-15-22(16-23-7-5-6-8-27(23)35)19-38(30(20)40)29-25(33)17-21(18-26(29)34)9-10-28(39)36-24-11-13-37(14-12-24)31(41)42-32(2,3)4/h5-10,17-18,20,22,24H,11-16,19H2,1-4H3,(H,36,39)/b10-9+/t20-,22-/m1/s1. The zero-order chi connectivity index (χ0) is 30.6. The van der Waals surface area contributed by atoms with Crippen LogP contribution in [-0.4, -0.2) is 54.1 Å². The summed E-state index contributed by atoms with van der Waals surface area (Å²) in [7, 11) is 0. The molecule has 7 nitrogen and oxygen atoms in total. The van der Waals surface area contributed by atoms with E-state index in [0.717, 1.165) is 0 Å². The number of carbonyl (C=O) groups excluding carboxylic acids is 3. The second-order valence-corrected chi connectivity index (χ2v) is 13.0. The van der Waals surface area contributed by atoms with E-state index in [0.29, 0.717) is 72.2 Å². The first-order valence-corrected chi connectivity index (χ1v) is 15.1. The molecule has 0 aliphatic carbocycles. The number of hydrogen-bond donors (Lipinski definition) is 1. The third kappa shape index (κ3) is 8.26.